The highest BCUT2D eigenvalue weighted by atomic mass is 16.6. The minimum Gasteiger partial charge on any atom is -0.481 e. The van der Waals surface area contributed by atoms with Gasteiger partial charge in [-0.1, -0.05) is 0 Å². The molecule has 0 radical (unpaired) electrons. The zero-order valence-electron chi connectivity index (χ0n) is 8.56. The number of nitrogens with zero attached hydrogens (tertiary/aromatic N) is 1. The molecule has 3 heterocycles. The summed E-state index contributed by atoms with van der Waals surface area (Å²) in [7, 11) is 0. The van der Waals surface area contributed by atoms with Crippen LogP contribution in [0.25, 0.3) is 0 Å². The lowest BCUT2D eigenvalue weighted by Crippen LogP contribution is -2.38. The molecule has 0 aromatic heterocycles. The van der Waals surface area contributed by atoms with Crippen LogP contribution in [0.15, 0.2) is 12.0 Å². The molecule has 4 nitrogen and oxygen atoms in total. The molecule has 3 atom stereocenters. The molecule has 0 aliphatic carbocycles. The summed E-state index contributed by atoms with van der Waals surface area (Å²) >= 11 is 0. The average molecular weight is 209 g/mol. The lowest BCUT2D eigenvalue weighted by molar-refractivity contribution is -0.129. The molecule has 0 bridgehead atoms. The van der Waals surface area contributed by atoms with Crippen LogP contribution in [0.5, 0.6) is 0 Å². The summed E-state index contributed by atoms with van der Waals surface area (Å²) in [6, 6.07) is 0.259. The van der Waals surface area contributed by atoms with E-state index in [1.165, 1.54) is 0 Å². The van der Waals surface area contributed by atoms with E-state index in [2.05, 4.69) is 0 Å². The molecule has 0 spiro atoms. The van der Waals surface area contributed by atoms with E-state index in [0.717, 1.165) is 25.8 Å². The lowest BCUT2D eigenvalue weighted by atomic mass is 9.92. The van der Waals surface area contributed by atoms with Crippen molar-refractivity contribution in [2.75, 3.05) is 6.54 Å². The predicted octanol–water partition coefficient (Wildman–Crippen LogP) is 1.19. The van der Waals surface area contributed by atoms with Gasteiger partial charge in [-0.15, -0.1) is 0 Å². The Morgan fingerprint density at radius 1 is 1.47 bits per heavy atom. The van der Waals surface area contributed by atoms with Crippen LogP contribution in [0.2, 0.25) is 0 Å². The number of aliphatic hydroxyl groups excluding tert-OH is 1. The van der Waals surface area contributed by atoms with Crippen molar-refractivity contribution in [3.8, 4) is 0 Å². The highest BCUT2D eigenvalue weighted by Crippen LogP contribution is 2.38. The van der Waals surface area contributed by atoms with Crippen molar-refractivity contribution in [3.63, 3.8) is 0 Å². The number of fused-ring (bicyclic) bond motifs is 3. The third-order valence-electron chi connectivity index (χ3n) is 3.74. The number of carbonyl (C=O) groups excluding carboxylic acids is 1. The molecular formula is C11H15NO3. The van der Waals surface area contributed by atoms with E-state index in [4.69, 9.17) is 4.74 Å². The highest BCUT2D eigenvalue weighted by molar-refractivity contribution is 5.79. The number of ether oxygens (including phenoxy) is 1. The van der Waals surface area contributed by atoms with Crippen molar-refractivity contribution < 1.29 is 14.6 Å². The molecular weight excluding hydrogens is 194 g/mol. The first kappa shape index (κ1) is 9.07. The molecule has 3 aliphatic rings. The molecule has 0 aromatic rings. The van der Waals surface area contributed by atoms with Crippen LogP contribution < -0.4 is 0 Å². The van der Waals surface area contributed by atoms with Crippen LogP contribution in [-0.4, -0.2) is 34.6 Å². The largest absolute Gasteiger partial charge is 0.481 e. The zero-order valence-corrected chi connectivity index (χ0v) is 8.56. The molecule has 82 valence electrons. The number of hydrogen-bond donors (Lipinski definition) is 1. The normalized spacial score (nSPS) is 39.2. The minimum atomic E-state index is 0.0474. The van der Waals surface area contributed by atoms with Gasteiger partial charge < -0.3 is 14.7 Å². The Labute approximate surface area is 88.5 Å². The Bertz CT molecular complexity index is 326. The Kier molecular flexibility index (Phi) is 1.90. The van der Waals surface area contributed by atoms with Gasteiger partial charge in [-0.05, 0) is 19.3 Å². The highest BCUT2D eigenvalue weighted by Gasteiger charge is 2.44. The molecule has 0 aromatic carbocycles. The number of hydrogen-bond acceptors (Lipinski definition) is 3. The second kappa shape index (κ2) is 3.15. The Hall–Kier alpha value is -1.19. The van der Waals surface area contributed by atoms with Crippen molar-refractivity contribution in [2.24, 2.45) is 5.92 Å². The fraction of sp³-hybridized carbons (Fsp3) is 0.727. The van der Waals surface area contributed by atoms with Crippen LogP contribution in [0, 0.1) is 5.92 Å². The number of aliphatic hydroxyl groups is 1. The number of rotatable bonds is 0. The van der Waals surface area contributed by atoms with Crippen molar-refractivity contribution in [2.45, 2.75) is 37.8 Å². The monoisotopic (exact) mass is 209 g/mol. The quantitative estimate of drug-likeness (QED) is 0.652. The molecule has 3 aliphatic heterocycles. The second-order valence-corrected chi connectivity index (χ2v) is 4.57. The van der Waals surface area contributed by atoms with Gasteiger partial charge in [-0.25, -0.2) is 0 Å². The second-order valence-electron chi connectivity index (χ2n) is 4.57. The SMILES string of the molecule is O=C1CC[C@H]2C3C=C(O)O[C@@H]3CCCN12. The Morgan fingerprint density at radius 2 is 2.33 bits per heavy atom. The molecule has 1 amide bonds. The third kappa shape index (κ3) is 1.31. The first-order valence-corrected chi connectivity index (χ1v) is 5.62. The van der Waals surface area contributed by atoms with Crippen LogP contribution in [0.3, 0.4) is 0 Å². The molecule has 4 heteroatoms. The smallest absolute Gasteiger partial charge is 0.273 e. The van der Waals surface area contributed by atoms with Gasteiger partial charge in [0.1, 0.15) is 6.10 Å². The van der Waals surface area contributed by atoms with Gasteiger partial charge in [0.05, 0.1) is 0 Å². The van der Waals surface area contributed by atoms with Crippen LogP contribution in [0.4, 0.5) is 0 Å². The number of carbonyl (C=O) groups is 1. The molecule has 2 saturated heterocycles. The maximum absolute atomic E-state index is 11.6. The average Bonchev–Trinajstić information content (AvgIpc) is 2.68. The fourth-order valence-corrected chi connectivity index (χ4v) is 3.06. The van der Waals surface area contributed by atoms with E-state index in [1.807, 2.05) is 4.90 Å². The maximum Gasteiger partial charge on any atom is 0.273 e. The van der Waals surface area contributed by atoms with Crippen molar-refractivity contribution >= 4 is 5.91 Å². The van der Waals surface area contributed by atoms with Gasteiger partial charge in [0.25, 0.3) is 5.95 Å². The van der Waals surface area contributed by atoms with Gasteiger partial charge >= 0.3 is 0 Å². The van der Waals surface area contributed by atoms with Gasteiger partial charge in [-0.2, -0.15) is 0 Å². The van der Waals surface area contributed by atoms with Crippen molar-refractivity contribution in [1.29, 1.82) is 0 Å². The summed E-state index contributed by atoms with van der Waals surface area (Å²) in [5.74, 6) is 0.519. The molecule has 3 rings (SSSR count). The molecule has 2 fully saturated rings. The summed E-state index contributed by atoms with van der Waals surface area (Å²) < 4.78 is 5.37. The summed E-state index contributed by atoms with van der Waals surface area (Å²) in [5, 5.41) is 9.37. The maximum atomic E-state index is 11.6. The van der Waals surface area contributed by atoms with Gasteiger partial charge in [0.2, 0.25) is 5.91 Å². The Balaban J connectivity index is 1.89. The molecule has 1 N–H and O–H groups in total. The lowest BCUT2D eigenvalue weighted by Gasteiger charge is -2.26. The third-order valence-corrected chi connectivity index (χ3v) is 3.74. The van der Waals surface area contributed by atoms with E-state index in [9.17, 15) is 9.90 Å². The fourth-order valence-electron chi connectivity index (χ4n) is 3.06. The molecule has 1 unspecified atom stereocenters. The van der Waals surface area contributed by atoms with Gasteiger partial charge in [0.15, 0.2) is 0 Å². The molecule has 0 saturated carbocycles. The topological polar surface area (TPSA) is 49.8 Å². The zero-order chi connectivity index (χ0) is 10.4. The van der Waals surface area contributed by atoms with Crippen LogP contribution >= 0.6 is 0 Å². The Morgan fingerprint density at radius 3 is 3.20 bits per heavy atom. The van der Waals surface area contributed by atoms with Gasteiger partial charge in [0, 0.05) is 31.0 Å². The van der Waals surface area contributed by atoms with E-state index in [0.29, 0.717) is 6.42 Å². The summed E-state index contributed by atoms with van der Waals surface area (Å²) in [4.78, 5) is 13.6. The minimum absolute atomic E-state index is 0.0474. The van der Waals surface area contributed by atoms with Crippen LogP contribution in [-0.2, 0) is 9.53 Å². The van der Waals surface area contributed by atoms with E-state index >= 15 is 0 Å². The van der Waals surface area contributed by atoms with E-state index < -0.39 is 0 Å². The van der Waals surface area contributed by atoms with E-state index in [1.54, 1.807) is 6.08 Å². The predicted molar refractivity (Wildman–Crippen MR) is 53.0 cm³/mol. The summed E-state index contributed by atoms with van der Waals surface area (Å²) in [6.07, 6.45) is 5.35. The first-order valence-electron chi connectivity index (χ1n) is 5.62. The van der Waals surface area contributed by atoms with E-state index in [-0.39, 0.29) is 29.9 Å². The van der Waals surface area contributed by atoms with Crippen molar-refractivity contribution in [3.05, 3.63) is 12.0 Å². The van der Waals surface area contributed by atoms with Gasteiger partial charge in [-0.3, -0.25) is 4.79 Å². The van der Waals surface area contributed by atoms with Crippen molar-refractivity contribution in [1.82, 2.24) is 4.90 Å². The summed E-state index contributed by atoms with van der Waals surface area (Å²) in [5.41, 5.74) is 0. The number of amides is 1. The molecule has 15 heavy (non-hydrogen) atoms. The standard InChI is InChI=1S/C11H15NO3/c13-10-4-3-8-7-6-11(14)15-9(7)2-1-5-12(8)10/h6-9,14H,1-5H2/t7?,8-,9+/m0/s1. The summed E-state index contributed by atoms with van der Waals surface area (Å²) in [6.45, 7) is 0.856. The first-order chi connectivity index (χ1) is 7.25. The van der Waals surface area contributed by atoms with Crippen LogP contribution in [0.1, 0.15) is 25.7 Å².